The Labute approximate surface area is 162 Å². The molecular formula is C23H30N2O2. The van der Waals surface area contributed by atoms with E-state index in [1.54, 1.807) is 7.11 Å². The van der Waals surface area contributed by atoms with E-state index in [2.05, 4.69) is 35.3 Å². The number of rotatable bonds is 7. The zero-order valence-corrected chi connectivity index (χ0v) is 16.4. The first-order valence-corrected chi connectivity index (χ1v) is 9.86. The number of nitrogens with one attached hydrogen (secondary N) is 1. The van der Waals surface area contributed by atoms with Gasteiger partial charge in [-0.1, -0.05) is 48.5 Å². The summed E-state index contributed by atoms with van der Waals surface area (Å²) >= 11 is 0. The second kappa shape index (κ2) is 9.56. The largest absolute Gasteiger partial charge is 0.496 e. The lowest BCUT2D eigenvalue weighted by molar-refractivity contribution is -0.139. The second-order valence-corrected chi connectivity index (χ2v) is 7.34. The SMILES string of the molecule is COc1ccccc1CC(C)N(Cc1ccccc1)C(=O)C1CCNCC1. The Kier molecular flexibility index (Phi) is 6.88. The number of methoxy groups -OCH3 is 1. The van der Waals surface area contributed by atoms with Gasteiger partial charge in [0, 0.05) is 18.5 Å². The van der Waals surface area contributed by atoms with Crippen LogP contribution >= 0.6 is 0 Å². The Morgan fingerprint density at radius 3 is 2.48 bits per heavy atom. The molecule has 1 saturated heterocycles. The van der Waals surface area contributed by atoms with Crippen molar-refractivity contribution >= 4 is 5.91 Å². The highest BCUT2D eigenvalue weighted by atomic mass is 16.5. The molecule has 0 aliphatic carbocycles. The molecule has 4 heteroatoms. The summed E-state index contributed by atoms with van der Waals surface area (Å²) in [5.41, 5.74) is 2.32. The Balaban J connectivity index is 1.80. The molecule has 0 saturated carbocycles. The number of carbonyl (C=O) groups is 1. The second-order valence-electron chi connectivity index (χ2n) is 7.34. The van der Waals surface area contributed by atoms with Gasteiger partial charge in [0.25, 0.3) is 0 Å². The molecule has 4 nitrogen and oxygen atoms in total. The van der Waals surface area contributed by atoms with Gasteiger partial charge < -0.3 is 15.0 Å². The predicted octanol–water partition coefficient (Wildman–Crippen LogP) is 3.65. The van der Waals surface area contributed by atoms with Gasteiger partial charge in [0.1, 0.15) is 5.75 Å². The van der Waals surface area contributed by atoms with Gasteiger partial charge in [0.05, 0.1) is 7.11 Å². The van der Waals surface area contributed by atoms with E-state index in [-0.39, 0.29) is 17.9 Å². The van der Waals surface area contributed by atoms with Crippen molar-refractivity contribution in [1.82, 2.24) is 10.2 Å². The molecule has 144 valence electrons. The minimum Gasteiger partial charge on any atom is -0.496 e. The molecule has 1 N–H and O–H groups in total. The first-order valence-electron chi connectivity index (χ1n) is 9.86. The number of carbonyl (C=O) groups excluding carboxylic acids is 1. The summed E-state index contributed by atoms with van der Waals surface area (Å²) in [7, 11) is 1.70. The Morgan fingerprint density at radius 1 is 1.11 bits per heavy atom. The molecule has 1 atom stereocenters. The Hall–Kier alpha value is -2.33. The molecule has 27 heavy (non-hydrogen) atoms. The fourth-order valence-corrected chi connectivity index (χ4v) is 3.83. The topological polar surface area (TPSA) is 41.6 Å². The van der Waals surface area contributed by atoms with Crippen molar-refractivity contribution in [2.24, 2.45) is 5.92 Å². The molecule has 3 rings (SSSR count). The van der Waals surface area contributed by atoms with Gasteiger partial charge in [-0.15, -0.1) is 0 Å². The molecule has 1 aliphatic heterocycles. The summed E-state index contributed by atoms with van der Waals surface area (Å²) in [4.78, 5) is 15.4. The number of para-hydroxylation sites is 1. The Morgan fingerprint density at radius 2 is 1.78 bits per heavy atom. The highest BCUT2D eigenvalue weighted by Gasteiger charge is 2.29. The number of nitrogens with zero attached hydrogens (tertiary/aromatic N) is 1. The summed E-state index contributed by atoms with van der Waals surface area (Å²) in [6.07, 6.45) is 2.63. The van der Waals surface area contributed by atoms with Crippen LogP contribution in [0, 0.1) is 5.92 Å². The van der Waals surface area contributed by atoms with Crippen molar-refractivity contribution < 1.29 is 9.53 Å². The summed E-state index contributed by atoms with van der Waals surface area (Å²) in [6.45, 7) is 4.65. The highest BCUT2D eigenvalue weighted by Crippen LogP contribution is 2.24. The van der Waals surface area contributed by atoms with Crippen molar-refractivity contribution in [3.05, 3.63) is 65.7 Å². The van der Waals surface area contributed by atoms with Crippen LogP contribution in [0.25, 0.3) is 0 Å². The minimum atomic E-state index is 0.101. The van der Waals surface area contributed by atoms with E-state index in [0.717, 1.165) is 43.7 Å². The number of amides is 1. The smallest absolute Gasteiger partial charge is 0.226 e. The van der Waals surface area contributed by atoms with Crippen LogP contribution in [0.1, 0.15) is 30.9 Å². The van der Waals surface area contributed by atoms with Crippen LogP contribution in [0.3, 0.4) is 0 Å². The van der Waals surface area contributed by atoms with E-state index < -0.39 is 0 Å². The molecule has 1 aliphatic rings. The quantitative estimate of drug-likeness (QED) is 0.813. The van der Waals surface area contributed by atoms with Crippen LogP contribution in [0.15, 0.2) is 54.6 Å². The van der Waals surface area contributed by atoms with E-state index in [1.807, 2.05) is 36.4 Å². The van der Waals surface area contributed by atoms with Crippen molar-refractivity contribution in [2.75, 3.05) is 20.2 Å². The highest BCUT2D eigenvalue weighted by molar-refractivity contribution is 5.79. The average molecular weight is 367 g/mol. The zero-order chi connectivity index (χ0) is 19.1. The Bertz CT molecular complexity index is 726. The molecule has 1 heterocycles. The van der Waals surface area contributed by atoms with Gasteiger partial charge in [-0.05, 0) is 56.5 Å². The van der Waals surface area contributed by atoms with E-state index >= 15 is 0 Å². The molecule has 0 radical (unpaired) electrons. The van der Waals surface area contributed by atoms with E-state index in [9.17, 15) is 4.79 Å². The first-order chi connectivity index (χ1) is 13.2. The first kappa shape index (κ1) is 19.4. The number of hydrogen-bond acceptors (Lipinski definition) is 3. The van der Waals surface area contributed by atoms with Crippen molar-refractivity contribution in [3.8, 4) is 5.75 Å². The zero-order valence-electron chi connectivity index (χ0n) is 16.4. The van der Waals surface area contributed by atoms with E-state index in [4.69, 9.17) is 4.74 Å². The summed E-state index contributed by atoms with van der Waals surface area (Å²) < 4.78 is 5.51. The fourth-order valence-electron chi connectivity index (χ4n) is 3.83. The lowest BCUT2D eigenvalue weighted by Crippen LogP contribution is -2.45. The lowest BCUT2D eigenvalue weighted by Gasteiger charge is -2.34. The fraction of sp³-hybridized carbons (Fsp3) is 0.435. The predicted molar refractivity (Wildman–Crippen MR) is 109 cm³/mol. The molecule has 1 fully saturated rings. The van der Waals surface area contributed by atoms with Crippen LogP contribution < -0.4 is 10.1 Å². The molecule has 0 bridgehead atoms. The monoisotopic (exact) mass is 366 g/mol. The molecular weight excluding hydrogens is 336 g/mol. The number of hydrogen-bond donors (Lipinski definition) is 1. The average Bonchev–Trinajstić information content (AvgIpc) is 2.73. The van der Waals surface area contributed by atoms with Gasteiger partial charge in [-0.2, -0.15) is 0 Å². The third-order valence-corrected chi connectivity index (χ3v) is 5.41. The maximum atomic E-state index is 13.4. The summed E-state index contributed by atoms with van der Waals surface area (Å²) in [5, 5.41) is 3.36. The van der Waals surface area contributed by atoms with Crippen molar-refractivity contribution in [2.45, 2.75) is 38.8 Å². The van der Waals surface area contributed by atoms with Crippen LogP contribution in [-0.2, 0) is 17.8 Å². The molecule has 1 amide bonds. The number of piperidine rings is 1. The van der Waals surface area contributed by atoms with E-state index in [1.165, 1.54) is 5.56 Å². The molecule has 1 unspecified atom stereocenters. The summed E-state index contributed by atoms with van der Waals surface area (Å²) in [5.74, 6) is 1.29. The lowest BCUT2D eigenvalue weighted by atomic mass is 9.94. The van der Waals surface area contributed by atoms with Gasteiger partial charge >= 0.3 is 0 Å². The molecule has 0 aromatic heterocycles. The van der Waals surface area contributed by atoms with Crippen LogP contribution in [0.2, 0.25) is 0 Å². The van der Waals surface area contributed by atoms with Gasteiger partial charge in [0.15, 0.2) is 0 Å². The van der Waals surface area contributed by atoms with Crippen LogP contribution in [0.4, 0.5) is 0 Å². The normalized spacial score (nSPS) is 15.9. The molecule has 2 aromatic carbocycles. The minimum absolute atomic E-state index is 0.101. The van der Waals surface area contributed by atoms with Crippen molar-refractivity contribution in [3.63, 3.8) is 0 Å². The maximum Gasteiger partial charge on any atom is 0.226 e. The summed E-state index contributed by atoms with van der Waals surface area (Å²) in [6, 6.07) is 18.5. The van der Waals surface area contributed by atoms with Crippen LogP contribution in [-0.4, -0.2) is 37.0 Å². The van der Waals surface area contributed by atoms with Crippen LogP contribution in [0.5, 0.6) is 5.75 Å². The molecule has 2 aromatic rings. The third kappa shape index (κ3) is 5.10. The maximum absolute atomic E-state index is 13.4. The van der Waals surface area contributed by atoms with E-state index in [0.29, 0.717) is 6.54 Å². The number of benzene rings is 2. The number of ether oxygens (including phenoxy) is 1. The van der Waals surface area contributed by atoms with Gasteiger partial charge in [-0.3, -0.25) is 4.79 Å². The molecule has 0 spiro atoms. The van der Waals surface area contributed by atoms with Crippen molar-refractivity contribution in [1.29, 1.82) is 0 Å². The van der Waals surface area contributed by atoms with Gasteiger partial charge in [-0.25, -0.2) is 0 Å². The standard InChI is InChI=1S/C23H30N2O2/c1-18(16-21-10-6-7-11-22(21)27-2)25(17-19-8-4-3-5-9-19)23(26)20-12-14-24-15-13-20/h3-11,18,20,24H,12-17H2,1-2H3. The third-order valence-electron chi connectivity index (χ3n) is 5.41. The van der Waals surface area contributed by atoms with Gasteiger partial charge in [0.2, 0.25) is 5.91 Å².